The Morgan fingerprint density at radius 2 is 0.774 bits per heavy atom. The normalized spacial score (nSPS) is 11.8. The second-order valence-electron chi connectivity index (χ2n) is 12.4. The molecule has 0 aliphatic heterocycles. The van der Waals surface area contributed by atoms with E-state index in [1.807, 2.05) is 0 Å². The summed E-state index contributed by atoms with van der Waals surface area (Å²) in [6, 6.07) is 13.7. The van der Waals surface area contributed by atoms with Crippen molar-refractivity contribution in [1.82, 2.24) is 0 Å². The van der Waals surface area contributed by atoms with Crippen molar-refractivity contribution < 1.29 is 36.9 Å². The van der Waals surface area contributed by atoms with Gasteiger partial charge in [-0.15, -0.1) is 12.4 Å². The number of hydrogen-bond acceptors (Lipinski definition) is 0. The Hall–Kier alpha value is 0.441. The van der Waals surface area contributed by atoms with Crippen LogP contribution in [-0.2, 0) is 21.7 Å². The maximum atomic E-state index is 2.33. The monoisotopic (exact) mass is 624 g/mol. The van der Waals surface area contributed by atoms with Gasteiger partial charge >= 0.3 is 0 Å². The van der Waals surface area contributed by atoms with E-state index in [4.69, 9.17) is 0 Å². The van der Waals surface area contributed by atoms with Gasteiger partial charge in [0.05, 0.1) is 0 Å². The maximum Gasteiger partial charge on any atom is 0.0213 e. The van der Waals surface area contributed by atoms with Crippen molar-refractivity contribution >= 4 is 21.9 Å². The molecule has 2 rings (SSSR count). The fourth-order valence-electron chi connectivity index (χ4n) is 2.75. The van der Waals surface area contributed by atoms with Gasteiger partial charge in [-0.3, -0.25) is 0 Å². The van der Waals surface area contributed by atoms with Gasteiger partial charge in [0.15, 0.2) is 0 Å². The molecule has 0 amide bonds. The zero-order valence-corrected chi connectivity index (χ0v) is 26.3. The minimum Gasteiger partial charge on any atom is -0.206 e. The largest absolute Gasteiger partial charge is 0.206 e. The summed E-state index contributed by atoms with van der Waals surface area (Å²) in [7, 11) is 0.750. The Kier molecular flexibility index (Phi) is 16.2. The van der Waals surface area contributed by atoms with Crippen molar-refractivity contribution in [3.63, 3.8) is 0 Å². The van der Waals surface area contributed by atoms with E-state index in [1.54, 1.807) is 0 Å². The van der Waals surface area contributed by atoms with Crippen LogP contribution in [0.15, 0.2) is 36.4 Å². The average Bonchev–Trinajstić information content (AvgIpc) is 3.16. The third kappa shape index (κ3) is 13.7. The molecule has 190 valence electrons. The SMILES string of the molecule is CC(C)(C)c1c[cH-]c(C(C)(C)C)c1.CC(C)(C)c1c[cH-]c(C(C)(C)C)c1.C[SiH]C.Cl.[Lu]. The molecule has 2 aromatic rings. The van der Waals surface area contributed by atoms with Gasteiger partial charge < -0.3 is 0 Å². The van der Waals surface area contributed by atoms with Crippen molar-refractivity contribution in [2.24, 2.45) is 0 Å². The summed E-state index contributed by atoms with van der Waals surface area (Å²) in [5, 5.41) is 0. The van der Waals surface area contributed by atoms with Crippen LogP contribution in [0.2, 0.25) is 13.1 Å². The van der Waals surface area contributed by atoms with Crippen molar-refractivity contribution in [2.45, 2.75) is 118 Å². The fraction of sp³-hybridized carbons (Fsp3) is 0.643. The Labute approximate surface area is 233 Å². The first-order valence-corrected chi connectivity index (χ1v) is 13.4. The molecule has 0 atom stereocenters. The Morgan fingerprint density at radius 1 is 0.548 bits per heavy atom. The fourth-order valence-corrected chi connectivity index (χ4v) is 2.75. The van der Waals surface area contributed by atoms with Crippen LogP contribution in [0.25, 0.3) is 0 Å². The first-order chi connectivity index (χ1) is 12.8. The molecule has 0 heterocycles. The average molecular weight is 625 g/mol. The molecule has 31 heavy (non-hydrogen) atoms. The van der Waals surface area contributed by atoms with Gasteiger partial charge in [-0.2, -0.15) is 46.5 Å². The van der Waals surface area contributed by atoms with Crippen LogP contribution in [-0.4, -0.2) is 9.52 Å². The van der Waals surface area contributed by atoms with Gasteiger partial charge in [0, 0.05) is 46.4 Å². The van der Waals surface area contributed by atoms with E-state index >= 15 is 0 Å². The molecule has 0 fully saturated rings. The molecule has 2 aromatic carbocycles. The van der Waals surface area contributed by atoms with Crippen LogP contribution in [0.1, 0.15) is 105 Å². The van der Waals surface area contributed by atoms with E-state index in [0.717, 1.165) is 9.52 Å². The van der Waals surface area contributed by atoms with E-state index in [1.165, 1.54) is 22.3 Å². The summed E-state index contributed by atoms with van der Waals surface area (Å²) in [6.07, 6.45) is 0. The number of hydrogen-bond donors (Lipinski definition) is 0. The van der Waals surface area contributed by atoms with E-state index < -0.39 is 0 Å². The minimum atomic E-state index is 0. The summed E-state index contributed by atoms with van der Waals surface area (Å²) < 4.78 is 0. The molecule has 2 radical (unpaired) electrons. The van der Waals surface area contributed by atoms with Crippen LogP contribution < -0.4 is 0 Å². The van der Waals surface area contributed by atoms with Gasteiger partial charge in [0.25, 0.3) is 0 Å². The van der Waals surface area contributed by atoms with Crippen LogP contribution >= 0.6 is 12.4 Å². The van der Waals surface area contributed by atoms with E-state index in [-0.39, 0.29) is 70.9 Å². The molecule has 0 aliphatic rings. The van der Waals surface area contributed by atoms with Crippen LogP contribution in [0.3, 0.4) is 0 Å². The van der Waals surface area contributed by atoms with Gasteiger partial charge in [-0.1, -0.05) is 107 Å². The van der Waals surface area contributed by atoms with Crippen molar-refractivity contribution in [2.75, 3.05) is 0 Å². The summed E-state index contributed by atoms with van der Waals surface area (Å²) in [5.41, 5.74) is 6.89. The zero-order valence-electron chi connectivity index (χ0n) is 22.7. The molecule has 0 bridgehead atoms. The number of rotatable bonds is 0. The molecule has 0 saturated carbocycles. The smallest absolute Gasteiger partial charge is 0.0213 e. The molecule has 0 spiro atoms. The standard InChI is InChI=1S/2C13H21.C2H7Si.ClH.Lu/c2*1-12(2,3)10-7-8-11(9-10)13(4,5)6;1-3-2;;/h2*7-9H,1-6H3;3H,1-2H3;1H;/q2*-1;;;. The molecular weight excluding hydrogens is 575 g/mol. The molecular formula is C28H50ClLuSi-2. The molecule has 0 nitrogen and oxygen atoms in total. The van der Waals surface area contributed by atoms with Gasteiger partial charge in [-0.25, -0.2) is 12.1 Å². The van der Waals surface area contributed by atoms with E-state index in [9.17, 15) is 0 Å². The third-order valence-corrected chi connectivity index (χ3v) is 4.97. The Morgan fingerprint density at radius 3 is 0.871 bits per heavy atom. The van der Waals surface area contributed by atoms with Crippen LogP contribution in [0.4, 0.5) is 0 Å². The van der Waals surface area contributed by atoms with E-state index in [2.05, 4.69) is 133 Å². The summed E-state index contributed by atoms with van der Waals surface area (Å²) in [4.78, 5) is 0. The molecule has 0 unspecified atom stereocenters. The predicted octanol–water partition coefficient (Wildman–Crippen LogP) is 8.94. The van der Waals surface area contributed by atoms with Crippen LogP contribution in [0.5, 0.6) is 0 Å². The predicted molar refractivity (Wildman–Crippen MR) is 145 cm³/mol. The third-order valence-electron chi connectivity index (χ3n) is 4.97. The maximum absolute atomic E-state index is 2.33. The van der Waals surface area contributed by atoms with E-state index in [0.29, 0.717) is 0 Å². The van der Waals surface area contributed by atoms with Gasteiger partial charge in [-0.05, 0) is 10.8 Å². The number of halogens is 1. The Bertz CT molecular complexity index is 590. The van der Waals surface area contributed by atoms with Crippen molar-refractivity contribution in [3.05, 3.63) is 58.7 Å². The second kappa shape index (κ2) is 14.0. The summed E-state index contributed by atoms with van der Waals surface area (Å²) >= 11 is 0. The molecule has 0 N–H and O–H groups in total. The molecule has 0 aliphatic carbocycles. The van der Waals surface area contributed by atoms with Crippen LogP contribution in [0, 0.1) is 36.9 Å². The molecule has 0 saturated heterocycles. The topological polar surface area (TPSA) is 0 Å². The van der Waals surface area contributed by atoms with Crippen molar-refractivity contribution in [3.8, 4) is 0 Å². The van der Waals surface area contributed by atoms with Gasteiger partial charge in [0.2, 0.25) is 0 Å². The summed E-state index contributed by atoms with van der Waals surface area (Å²) in [5.74, 6) is 0. The first kappa shape index (κ1) is 36.0. The quantitative estimate of drug-likeness (QED) is 0.203. The molecule has 0 aromatic heterocycles. The zero-order chi connectivity index (χ0) is 23.3. The first-order valence-electron chi connectivity index (χ1n) is 11.1. The Balaban J connectivity index is -0.000000424. The summed E-state index contributed by atoms with van der Waals surface area (Å²) in [6.45, 7) is 31.5. The molecule has 3 heteroatoms. The second-order valence-corrected chi connectivity index (χ2v) is 13.5. The van der Waals surface area contributed by atoms with Crippen molar-refractivity contribution in [1.29, 1.82) is 0 Å². The van der Waals surface area contributed by atoms with Gasteiger partial charge in [0.1, 0.15) is 0 Å². The minimum absolute atomic E-state index is 0.